The van der Waals surface area contributed by atoms with Crippen molar-refractivity contribution in [2.45, 2.75) is 39.3 Å². The lowest BCUT2D eigenvalue weighted by Gasteiger charge is -2.29. The molecular formula is C19H28F2N2O3. The molecule has 1 N–H and O–H groups in total. The Bertz CT molecular complexity index is 592. The van der Waals surface area contributed by atoms with Gasteiger partial charge in [-0.25, -0.2) is 0 Å². The van der Waals surface area contributed by atoms with Crippen LogP contribution in [-0.4, -0.2) is 44.7 Å². The zero-order chi connectivity index (χ0) is 19.1. The predicted octanol–water partition coefficient (Wildman–Crippen LogP) is 3.28. The van der Waals surface area contributed by atoms with E-state index in [9.17, 15) is 13.6 Å². The molecule has 0 saturated carbocycles. The Balaban J connectivity index is 1.95. The molecule has 1 heterocycles. The van der Waals surface area contributed by atoms with Crippen molar-refractivity contribution in [3.63, 3.8) is 0 Å². The highest BCUT2D eigenvalue weighted by molar-refractivity contribution is 5.76. The quantitative estimate of drug-likeness (QED) is 0.763. The van der Waals surface area contributed by atoms with Crippen LogP contribution in [0.1, 0.15) is 31.7 Å². The molecule has 0 spiro atoms. The summed E-state index contributed by atoms with van der Waals surface area (Å²) in [5.41, 5.74) is 0.712. The molecule has 0 aliphatic carbocycles. The number of rotatable bonds is 8. The first-order valence-electron chi connectivity index (χ1n) is 8.97. The average molecular weight is 370 g/mol. The van der Waals surface area contributed by atoms with Crippen molar-refractivity contribution < 1.29 is 23.0 Å². The van der Waals surface area contributed by atoms with E-state index < -0.39 is 6.61 Å². The van der Waals surface area contributed by atoms with Gasteiger partial charge in [0.2, 0.25) is 5.91 Å². The minimum atomic E-state index is -2.93. The van der Waals surface area contributed by atoms with Crippen LogP contribution in [0.15, 0.2) is 18.2 Å². The molecule has 1 aliphatic rings. The van der Waals surface area contributed by atoms with Crippen LogP contribution in [-0.2, 0) is 11.3 Å². The van der Waals surface area contributed by atoms with Crippen LogP contribution < -0.4 is 14.8 Å². The van der Waals surface area contributed by atoms with E-state index in [2.05, 4.69) is 17.0 Å². The van der Waals surface area contributed by atoms with Crippen molar-refractivity contribution in [1.82, 2.24) is 10.2 Å². The van der Waals surface area contributed by atoms with E-state index in [1.807, 2.05) is 0 Å². The molecule has 146 valence electrons. The second-order valence-corrected chi connectivity index (χ2v) is 6.90. The molecule has 1 saturated heterocycles. The number of alkyl halides is 2. The number of carbonyl (C=O) groups is 1. The van der Waals surface area contributed by atoms with Gasteiger partial charge in [0.15, 0.2) is 11.5 Å². The van der Waals surface area contributed by atoms with Crippen LogP contribution in [0.2, 0.25) is 0 Å². The number of nitrogens with zero attached hydrogens (tertiary/aromatic N) is 1. The molecular weight excluding hydrogens is 342 g/mol. The van der Waals surface area contributed by atoms with Gasteiger partial charge in [0.05, 0.1) is 7.11 Å². The van der Waals surface area contributed by atoms with Crippen LogP contribution >= 0.6 is 0 Å². The van der Waals surface area contributed by atoms with Gasteiger partial charge in [-0.1, -0.05) is 13.0 Å². The lowest BCUT2D eigenvalue weighted by atomic mass is 9.85. The number of nitrogens with one attached hydrogen (secondary N) is 1. The highest BCUT2D eigenvalue weighted by Gasteiger charge is 2.23. The van der Waals surface area contributed by atoms with E-state index in [0.29, 0.717) is 30.4 Å². The molecule has 2 unspecified atom stereocenters. The molecule has 1 amide bonds. The highest BCUT2D eigenvalue weighted by atomic mass is 19.3. The van der Waals surface area contributed by atoms with Crippen LogP contribution in [0.3, 0.4) is 0 Å². The summed E-state index contributed by atoms with van der Waals surface area (Å²) in [5.74, 6) is 1.10. The summed E-state index contributed by atoms with van der Waals surface area (Å²) in [7, 11) is 3.12. The predicted molar refractivity (Wildman–Crippen MR) is 95.5 cm³/mol. The van der Waals surface area contributed by atoms with Crippen molar-refractivity contribution in [3.05, 3.63) is 23.8 Å². The van der Waals surface area contributed by atoms with Crippen molar-refractivity contribution in [2.75, 3.05) is 27.2 Å². The number of benzene rings is 1. The Labute approximate surface area is 153 Å². The zero-order valence-electron chi connectivity index (χ0n) is 15.6. The molecule has 0 radical (unpaired) electrons. The highest BCUT2D eigenvalue weighted by Crippen LogP contribution is 2.30. The summed E-state index contributed by atoms with van der Waals surface area (Å²) >= 11 is 0. The lowest BCUT2D eigenvalue weighted by Crippen LogP contribution is -2.36. The van der Waals surface area contributed by atoms with Gasteiger partial charge in [-0.05, 0) is 55.5 Å². The average Bonchev–Trinajstić information content (AvgIpc) is 2.62. The van der Waals surface area contributed by atoms with Gasteiger partial charge in [0, 0.05) is 20.0 Å². The molecule has 0 aromatic heterocycles. The third-order valence-electron chi connectivity index (χ3n) is 4.93. The van der Waals surface area contributed by atoms with Crippen molar-refractivity contribution in [3.8, 4) is 11.5 Å². The Morgan fingerprint density at radius 3 is 2.77 bits per heavy atom. The van der Waals surface area contributed by atoms with Crippen molar-refractivity contribution >= 4 is 5.91 Å². The smallest absolute Gasteiger partial charge is 0.387 e. The van der Waals surface area contributed by atoms with Crippen LogP contribution in [0.25, 0.3) is 0 Å². The summed E-state index contributed by atoms with van der Waals surface area (Å²) in [6, 6.07) is 4.81. The molecule has 26 heavy (non-hydrogen) atoms. The van der Waals surface area contributed by atoms with Crippen molar-refractivity contribution in [1.29, 1.82) is 0 Å². The molecule has 0 bridgehead atoms. The molecule has 2 atom stereocenters. The first-order valence-corrected chi connectivity index (χ1v) is 8.97. The van der Waals surface area contributed by atoms with Gasteiger partial charge in [0.1, 0.15) is 0 Å². The fourth-order valence-corrected chi connectivity index (χ4v) is 3.33. The maximum atomic E-state index is 12.5. The Morgan fingerprint density at radius 1 is 1.38 bits per heavy atom. The summed E-state index contributed by atoms with van der Waals surface area (Å²) in [6.07, 6.45) is 2.79. The van der Waals surface area contributed by atoms with Crippen LogP contribution in [0.4, 0.5) is 8.78 Å². The van der Waals surface area contributed by atoms with Crippen molar-refractivity contribution in [2.24, 2.45) is 11.8 Å². The summed E-state index contributed by atoms with van der Waals surface area (Å²) < 4.78 is 34.6. The topological polar surface area (TPSA) is 50.8 Å². The second-order valence-electron chi connectivity index (χ2n) is 6.90. The number of carbonyl (C=O) groups excluding carboxylic acids is 1. The van der Waals surface area contributed by atoms with E-state index >= 15 is 0 Å². The molecule has 1 aromatic carbocycles. The first kappa shape index (κ1) is 20.4. The molecule has 5 nitrogen and oxygen atoms in total. The largest absolute Gasteiger partial charge is 0.493 e. The van der Waals surface area contributed by atoms with Gasteiger partial charge < -0.3 is 19.7 Å². The minimum absolute atomic E-state index is 0.0255. The normalized spacial score (nSPS) is 18.5. The van der Waals surface area contributed by atoms with E-state index in [1.54, 1.807) is 24.1 Å². The van der Waals surface area contributed by atoms with Gasteiger partial charge in [-0.15, -0.1) is 0 Å². The minimum Gasteiger partial charge on any atom is -0.493 e. The maximum absolute atomic E-state index is 12.5. The van der Waals surface area contributed by atoms with Gasteiger partial charge in [-0.3, -0.25) is 4.79 Å². The zero-order valence-corrected chi connectivity index (χ0v) is 15.6. The van der Waals surface area contributed by atoms with Crippen LogP contribution in [0, 0.1) is 11.8 Å². The summed E-state index contributed by atoms with van der Waals surface area (Å²) in [5, 5.41) is 3.38. The van der Waals surface area contributed by atoms with E-state index in [1.165, 1.54) is 13.2 Å². The number of ether oxygens (including phenoxy) is 2. The summed E-state index contributed by atoms with van der Waals surface area (Å²) in [4.78, 5) is 14.1. The SMILES string of the molecule is COc1ccc(CN(C)C(=O)CC(C)C2CCCNC2)cc1OC(F)F. The Morgan fingerprint density at radius 2 is 2.15 bits per heavy atom. The fourth-order valence-electron chi connectivity index (χ4n) is 3.33. The maximum Gasteiger partial charge on any atom is 0.387 e. The number of hydrogen-bond donors (Lipinski definition) is 1. The van der Waals surface area contributed by atoms with E-state index in [0.717, 1.165) is 25.9 Å². The number of amides is 1. The summed E-state index contributed by atoms with van der Waals surface area (Å²) in [6.45, 7) is 1.54. The fraction of sp³-hybridized carbons (Fsp3) is 0.632. The number of halogens is 2. The first-order chi connectivity index (χ1) is 12.4. The molecule has 1 aliphatic heterocycles. The number of methoxy groups -OCH3 is 1. The third kappa shape index (κ3) is 5.83. The number of piperidine rings is 1. The van der Waals surface area contributed by atoms with Gasteiger partial charge >= 0.3 is 6.61 Å². The molecule has 1 aromatic rings. The second kappa shape index (κ2) is 9.71. The van der Waals surface area contributed by atoms with Gasteiger partial charge in [-0.2, -0.15) is 8.78 Å². The molecule has 2 rings (SSSR count). The monoisotopic (exact) mass is 370 g/mol. The lowest BCUT2D eigenvalue weighted by molar-refractivity contribution is -0.131. The Hall–Kier alpha value is -1.89. The van der Waals surface area contributed by atoms with E-state index in [-0.39, 0.29) is 17.4 Å². The van der Waals surface area contributed by atoms with E-state index in [4.69, 9.17) is 4.74 Å². The van der Waals surface area contributed by atoms with Crippen LogP contribution in [0.5, 0.6) is 11.5 Å². The van der Waals surface area contributed by atoms with Gasteiger partial charge in [0.25, 0.3) is 0 Å². The standard InChI is InChI=1S/C19H28F2N2O3/c1-13(15-5-4-8-22-11-15)9-18(24)23(2)12-14-6-7-16(25-3)17(10-14)26-19(20)21/h6-7,10,13,15,19,22H,4-5,8-9,11-12H2,1-3H3. The Kier molecular flexibility index (Phi) is 7.63. The number of hydrogen-bond acceptors (Lipinski definition) is 4. The molecule has 7 heteroatoms. The third-order valence-corrected chi connectivity index (χ3v) is 4.93. The molecule has 1 fully saturated rings.